The van der Waals surface area contributed by atoms with Gasteiger partial charge < -0.3 is 4.74 Å². The number of halogens is 1. The summed E-state index contributed by atoms with van der Waals surface area (Å²) in [5, 5.41) is 4.82. The monoisotopic (exact) mass is 370 g/mol. The average Bonchev–Trinajstić information content (AvgIpc) is 2.89. The van der Waals surface area contributed by atoms with Crippen LogP contribution in [-0.4, -0.2) is 25.7 Å². The zero-order valence-electron chi connectivity index (χ0n) is 15.1. The van der Waals surface area contributed by atoms with Gasteiger partial charge >= 0.3 is 5.97 Å². The smallest absolute Gasteiger partial charge is 0.346 e. The predicted octanol–water partition coefficient (Wildman–Crippen LogP) is 4.02. The maximum atomic E-state index is 12.6. The molecular formula is C19H19ClN4O2. The van der Waals surface area contributed by atoms with Gasteiger partial charge in [-0.05, 0) is 45.4 Å². The molecule has 0 unspecified atom stereocenters. The number of esters is 1. The lowest BCUT2D eigenvalue weighted by molar-refractivity contribution is 0.0721. The van der Waals surface area contributed by atoms with E-state index in [9.17, 15) is 4.79 Å². The van der Waals surface area contributed by atoms with Crippen LogP contribution in [0.3, 0.4) is 0 Å². The summed E-state index contributed by atoms with van der Waals surface area (Å²) in [4.78, 5) is 21.5. The molecule has 0 spiro atoms. The normalized spacial score (nSPS) is 10.8. The highest BCUT2D eigenvalue weighted by atomic mass is 35.5. The largest absolute Gasteiger partial charge is 0.403 e. The molecule has 134 valence electrons. The van der Waals surface area contributed by atoms with Crippen LogP contribution < -0.4 is 4.74 Å². The van der Waals surface area contributed by atoms with Crippen molar-refractivity contribution in [1.82, 2.24) is 19.7 Å². The van der Waals surface area contributed by atoms with Crippen molar-refractivity contribution in [2.24, 2.45) is 0 Å². The Morgan fingerprint density at radius 3 is 2.42 bits per heavy atom. The summed E-state index contributed by atoms with van der Waals surface area (Å²) in [7, 11) is 0. The summed E-state index contributed by atoms with van der Waals surface area (Å²) < 4.78 is 7.16. The molecule has 2 aromatic heterocycles. The second kappa shape index (κ2) is 7.25. The molecule has 6 nitrogen and oxygen atoms in total. The van der Waals surface area contributed by atoms with Crippen molar-refractivity contribution < 1.29 is 9.53 Å². The quantitative estimate of drug-likeness (QED) is 0.648. The van der Waals surface area contributed by atoms with Crippen molar-refractivity contribution >= 4 is 17.6 Å². The van der Waals surface area contributed by atoms with E-state index in [4.69, 9.17) is 16.3 Å². The third-order valence-electron chi connectivity index (χ3n) is 3.93. The minimum Gasteiger partial charge on any atom is -0.403 e. The van der Waals surface area contributed by atoms with Crippen LogP contribution in [0.15, 0.2) is 30.3 Å². The second-order valence-electron chi connectivity index (χ2n) is 5.95. The number of nitrogens with zero attached hydrogens (tertiary/aromatic N) is 4. The zero-order valence-corrected chi connectivity index (χ0v) is 15.8. The summed E-state index contributed by atoms with van der Waals surface area (Å²) in [5.74, 6) is 0.142. The highest BCUT2D eigenvalue weighted by molar-refractivity contribution is 6.33. The fourth-order valence-electron chi connectivity index (χ4n) is 2.76. The molecule has 26 heavy (non-hydrogen) atoms. The summed E-state index contributed by atoms with van der Waals surface area (Å²) in [6, 6.07) is 8.63. The van der Waals surface area contributed by atoms with Gasteiger partial charge in [0.25, 0.3) is 5.95 Å². The van der Waals surface area contributed by atoms with Gasteiger partial charge in [0, 0.05) is 17.0 Å². The van der Waals surface area contributed by atoms with Gasteiger partial charge in [-0.15, -0.1) is 0 Å². The predicted molar refractivity (Wildman–Crippen MR) is 99.2 cm³/mol. The van der Waals surface area contributed by atoms with Crippen LogP contribution in [-0.2, 0) is 6.42 Å². The molecule has 0 aliphatic heterocycles. The molecule has 1 aromatic carbocycles. The highest BCUT2D eigenvalue weighted by Gasteiger charge is 2.23. The molecular weight excluding hydrogens is 352 g/mol. The lowest BCUT2D eigenvalue weighted by Crippen LogP contribution is -2.15. The molecule has 3 aromatic rings. The minimum atomic E-state index is -0.546. The Morgan fingerprint density at radius 2 is 1.81 bits per heavy atom. The Kier molecular flexibility index (Phi) is 5.04. The van der Waals surface area contributed by atoms with E-state index in [2.05, 4.69) is 15.1 Å². The molecule has 0 atom stereocenters. The van der Waals surface area contributed by atoms with Gasteiger partial charge in [0.05, 0.1) is 16.3 Å². The van der Waals surface area contributed by atoms with Crippen molar-refractivity contribution in [2.45, 2.75) is 34.1 Å². The van der Waals surface area contributed by atoms with E-state index >= 15 is 0 Å². The van der Waals surface area contributed by atoms with E-state index < -0.39 is 5.97 Å². The lowest BCUT2D eigenvalue weighted by Gasteiger charge is -2.10. The van der Waals surface area contributed by atoms with E-state index in [0.717, 1.165) is 22.6 Å². The second-order valence-corrected chi connectivity index (χ2v) is 6.36. The Labute approximate surface area is 156 Å². The van der Waals surface area contributed by atoms with E-state index in [1.54, 1.807) is 24.3 Å². The molecule has 0 saturated heterocycles. The van der Waals surface area contributed by atoms with Crippen LogP contribution in [0.5, 0.6) is 5.88 Å². The molecule has 0 radical (unpaired) electrons. The van der Waals surface area contributed by atoms with Crippen molar-refractivity contribution in [2.75, 3.05) is 0 Å². The van der Waals surface area contributed by atoms with Crippen LogP contribution in [0, 0.1) is 20.8 Å². The third-order valence-corrected chi connectivity index (χ3v) is 4.26. The first-order chi connectivity index (χ1) is 12.4. The summed E-state index contributed by atoms with van der Waals surface area (Å²) in [5.41, 5.74) is 3.50. The van der Waals surface area contributed by atoms with Gasteiger partial charge in [0.1, 0.15) is 0 Å². The van der Waals surface area contributed by atoms with E-state index in [1.165, 1.54) is 4.68 Å². The Balaban J connectivity index is 2.08. The lowest BCUT2D eigenvalue weighted by atomic mass is 10.2. The topological polar surface area (TPSA) is 69.9 Å². The number of hydrogen-bond donors (Lipinski definition) is 0. The maximum Gasteiger partial charge on any atom is 0.346 e. The molecule has 7 heteroatoms. The summed E-state index contributed by atoms with van der Waals surface area (Å²) >= 11 is 6.11. The first kappa shape index (κ1) is 18.1. The highest BCUT2D eigenvalue weighted by Crippen LogP contribution is 2.27. The standard InChI is InChI=1S/C19H19ClN4O2/c1-5-14-13(4)23-24(19-21-11(2)10-12(3)22-19)17(14)26-18(25)15-8-6-7-9-16(15)20/h6-10H,5H2,1-4H3. The molecule has 2 heterocycles. The molecule has 0 aliphatic rings. The average molecular weight is 371 g/mol. The Morgan fingerprint density at radius 1 is 1.15 bits per heavy atom. The number of carbonyl (C=O) groups is 1. The molecule has 0 N–H and O–H groups in total. The molecule has 0 fully saturated rings. The molecule has 0 aliphatic carbocycles. The van der Waals surface area contributed by atoms with Gasteiger partial charge in [-0.2, -0.15) is 9.78 Å². The summed E-state index contributed by atoms with van der Waals surface area (Å²) in [6.07, 6.45) is 0.655. The number of rotatable bonds is 4. The van der Waals surface area contributed by atoms with Gasteiger partial charge in [-0.1, -0.05) is 30.7 Å². The number of ether oxygens (including phenoxy) is 1. The van der Waals surface area contributed by atoms with Crippen molar-refractivity contribution in [1.29, 1.82) is 0 Å². The number of carbonyl (C=O) groups excluding carboxylic acids is 1. The minimum absolute atomic E-state index is 0.294. The van der Waals surface area contributed by atoms with E-state index in [0.29, 0.717) is 28.8 Å². The van der Waals surface area contributed by atoms with Gasteiger partial charge in [-0.3, -0.25) is 0 Å². The van der Waals surface area contributed by atoms with Crippen molar-refractivity contribution in [3.05, 3.63) is 63.6 Å². The SMILES string of the molecule is CCc1c(C)nn(-c2nc(C)cc(C)n2)c1OC(=O)c1ccccc1Cl. The third kappa shape index (κ3) is 3.46. The fourth-order valence-corrected chi connectivity index (χ4v) is 2.97. The van der Waals surface area contributed by atoms with Crippen LogP contribution in [0.1, 0.15) is 39.9 Å². The number of aryl methyl sites for hydroxylation is 3. The van der Waals surface area contributed by atoms with E-state index in [-0.39, 0.29) is 0 Å². The van der Waals surface area contributed by atoms with Gasteiger partial charge in [0.2, 0.25) is 5.88 Å². The Bertz CT molecular complexity index is 961. The molecule has 3 rings (SSSR count). The van der Waals surface area contributed by atoms with Crippen molar-refractivity contribution in [3.63, 3.8) is 0 Å². The number of benzene rings is 1. The first-order valence-electron chi connectivity index (χ1n) is 8.28. The van der Waals surface area contributed by atoms with Crippen LogP contribution in [0.25, 0.3) is 5.95 Å². The molecule has 0 saturated carbocycles. The number of aromatic nitrogens is 4. The first-order valence-corrected chi connectivity index (χ1v) is 8.66. The van der Waals surface area contributed by atoms with E-state index in [1.807, 2.05) is 33.8 Å². The molecule has 0 amide bonds. The fraction of sp³-hybridized carbons (Fsp3) is 0.263. The van der Waals surface area contributed by atoms with Crippen LogP contribution >= 0.6 is 11.6 Å². The van der Waals surface area contributed by atoms with Gasteiger partial charge in [0.15, 0.2) is 0 Å². The van der Waals surface area contributed by atoms with Crippen molar-refractivity contribution in [3.8, 4) is 11.8 Å². The molecule has 0 bridgehead atoms. The maximum absolute atomic E-state index is 12.6. The van der Waals surface area contributed by atoms with Gasteiger partial charge in [-0.25, -0.2) is 14.8 Å². The summed E-state index contributed by atoms with van der Waals surface area (Å²) in [6.45, 7) is 7.60. The number of hydrogen-bond acceptors (Lipinski definition) is 5. The zero-order chi connectivity index (χ0) is 18.8. The van der Waals surface area contributed by atoms with Crippen LogP contribution in [0.2, 0.25) is 5.02 Å². The Hall–Kier alpha value is -2.73. The van der Waals surface area contributed by atoms with Crippen LogP contribution in [0.4, 0.5) is 0 Å².